The lowest BCUT2D eigenvalue weighted by Crippen LogP contribution is -2.28. The van der Waals surface area contributed by atoms with Crippen molar-refractivity contribution < 1.29 is 19.1 Å². The first kappa shape index (κ1) is 20.3. The van der Waals surface area contributed by atoms with Crippen LogP contribution in [0.3, 0.4) is 0 Å². The van der Waals surface area contributed by atoms with Crippen LogP contribution in [0.1, 0.15) is 11.1 Å². The maximum Gasteiger partial charge on any atom is 0.273 e. The van der Waals surface area contributed by atoms with Gasteiger partial charge in [0.05, 0.1) is 17.2 Å². The summed E-state index contributed by atoms with van der Waals surface area (Å²) < 4.78 is 11.5. The van der Waals surface area contributed by atoms with Gasteiger partial charge in [0.2, 0.25) is 11.8 Å². The molecule has 0 saturated carbocycles. The fourth-order valence-corrected chi connectivity index (χ4v) is 2.48. The minimum atomic E-state index is -0.437. The molecule has 0 fully saturated rings. The number of aromatic nitrogens is 2. The van der Waals surface area contributed by atoms with E-state index < -0.39 is 5.91 Å². The number of para-hydroxylation sites is 2. The third-order valence-electron chi connectivity index (χ3n) is 3.82. The van der Waals surface area contributed by atoms with E-state index in [0.29, 0.717) is 22.6 Å². The fourth-order valence-electron chi connectivity index (χ4n) is 2.48. The van der Waals surface area contributed by atoms with Crippen molar-refractivity contribution in [3.05, 3.63) is 72.1 Å². The monoisotopic (exact) mass is 403 g/mol. The van der Waals surface area contributed by atoms with Gasteiger partial charge in [-0.25, -0.2) is 9.97 Å². The van der Waals surface area contributed by atoms with Gasteiger partial charge in [0.1, 0.15) is 31.0 Å². The van der Waals surface area contributed by atoms with Crippen LogP contribution in [-0.4, -0.2) is 35.7 Å². The van der Waals surface area contributed by atoms with Gasteiger partial charge in [0.15, 0.2) is 5.71 Å². The number of oxime groups is 1. The number of benzene rings is 2. The summed E-state index contributed by atoms with van der Waals surface area (Å²) in [4.78, 5) is 25.1. The first-order chi connectivity index (χ1) is 14.7. The van der Waals surface area contributed by atoms with Crippen molar-refractivity contribution in [1.29, 1.82) is 5.26 Å². The molecule has 1 amide bonds. The van der Waals surface area contributed by atoms with Crippen molar-refractivity contribution in [2.45, 2.75) is 0 Å². The molecule has 0 spiro atoms. The van der Waals surface area contributed by atoms with Crippen LogP contribution in [-0.2, 0) is 9.63 Å². The summed E-state index contributed by atoms with van der Waals surface area (Å²) in [6.45, 7) is 0. The summed E-state index contributed by atoms with van der Waals surface area (Å²) >= 11 is 0. The highest BCUT2D eigenvalue weighted by Crippen LogP contribution is 2.28. The first-order valence-electron chi connectivity index (χ1n) is 8.75. The lowest BCUT2D eigenvalue weighted by atomic mass is 10.1. The number of carbonyl (C=O) groups is 1. The Kier molecular flexibility index (Phi) is 6.53. The third kappa shape index (κ3) is 4.69. The van der Waals surface area contributed by atoms with Gasteiger partial charge >= 0.3 is 0 Å². The number of rotatable bonds is 7. The van der Waals surface area contributed by atoms with Crippen LogP contribution >= 0.6 is 0 Å². The maximum absolute atomic E-state index is 12.2. The molecule has 1 N–H and O–H groups in total. The highest BCUT2D eigenvalue weighted by atomic mass is 16.6. The number of nitriles is 1. The number of hydrogen-bond acceptors (Lipinski definition) is 8. The summed E-state index contributed by atoms with van der Waals surface area (Å²) in [7, 11) is 2.84. The van der Waals surface area contributed by atoms with Crippen LogP contribution in [0.15, 0.2) is 66.1 Å². The zero-order valence-corrected chi connectivity index (χ0v) is 16.2. The molecule has 150 valence electrons. The van der Waals surface area contributed by atoms with Crippen LogP contribution < -0.4 is 14.8 Å². The largest absolute Gasteiger partial charge is 0.438 e. The number of likely N-dealkylation sites (N-methyl/N-ethyl adjacent to an activating group) is 1. The third-order valence-corrected chi connectivity index (χ3v) is 3.82. The summed E-state index contributed by atoms with van der Waals surface area (Å²) in [5, 5.41) is 15.5. The molecule has 0 aliphatic rings. The molecule has 0 atom stereocenters. The highest BCUT2D eigenvalue weighted by Gasteiger charge is 2.19. The van der Waals surface area contributed by atoms with Crippen molar-refractivity contribution in [2.75, 3.05) is 14.2 Å². The van der Waals surface area contributed by atoms with Gasteiger partial charge in [-0.3, -0.25) is 4.79 Å². The van der Waals surface area contributed by atoms with Gasteiger partial charge in [-0.1, -0.05) is 29.4 Å². The molecule has 3 rings (SSSR count). The van der Waals surface area contributed by atoms with Crippen molar-refractivity contribution in [3.8, 4) is 29.3 Å². The van der Waals surface area contributed by atoms with E-state index in [-0.39, 0.29) is 17.5 Å². The second kappa shape index (κ2) is 9.66. The molecule has 0 bridgehead atoms. The molecule has 0 unspecified atom stereocenters. The SMILES string of the molecule is CNC(=O)/C(=N/OC)c1ccccc1Oc1cc(Oc2ccccc2C#N)ncn1. The van der Waals surface area contributed by atoms with E-state index in [0.717, 1.165) is 0 Å². The Balaban J connectivity index is 1.90. The van der Waals surface area contributed by atoms with Crippen LogP contribution in [0.25, 0.3) is 0 Å². The van der Waals surface area contributed by atoms with Crippen molar-refractivity contribution in [2.24, 2.45) is 5.16 Å². The molecule has 0 saturated heterocycles. The van der Waals surface area contributed by atoms with E-state index in [1.165, 1.54) is 26.6 Å². The molecular formula is C21H17N5O4. The minimum absolute atomic E-state index is 0.0454. The van der Waals surface area contributed by atoms with Gasteiger partial charge in [0, 0.05) is 7.05 Å². The molecule has 3 aromatic rings. The molecule has 9 nitrogen and oxygen atoms in total. The lowest BCUT2D eigenvalue weighted by Gasteiger charge is -2.12. The minimum Gasteiger partial charge on any atom is -0.438 e. The molecule has 30 heavy (non-hydrogen) atoms. The van der Waals surface area contributed by atoms with Gasteiger partial charge in [0.25, 0.3) is 5.91 Å². The van der Waals surface area contributed by atoms with Crippen molar-refractivity contribution in [3.63, 3.8) is 0 Å². The average Bonchev–Trinajstić information content (AvgIpc) is 2.78. The number of hydrogen-bond donors (Lipinski definition) is 1. The molecule has 1 aromatic heterocycles. The maximum atomic E-state index is 12.2. The fraction of sp³-hybridized carbons (Fsp3) is 0.0952. The molecule has 0 aliphatic heterocycles. The number of nitrogens with one attached hydrogen (secondary N) is 1. The van der Waals surface area contributed by atoms with Gasteiger partial charge in [-0.05, 0) is 24.3 Å². The summed E-state index contributed by atoms with van der Waals surface area (Å²) in [5.74, 6) is 0.624. The number of ether oxygens (including phenoxy) is 2. The summed E-state index contributed by atoms with van der Waals surface area (Å²) in [5.41, 5.74) is 0.827. The Labute approximate surface area is 172 Å². The standard InChI is InChI=1S/C21H17N5O4/c1-23-21(27)20(26-28-2)15-8-4-6-10-17(15)30-19-11-18(24-13-25-19)29-16-9-5-3-7-14(16)12-22/h3-11,13H,1-2H3,(H,23,27)/b26-20+. The smallest absolute Gasteiger partial charge is 0.273 e. The van der Waals surface area contributed by atoms with E-state index in [1.54, 1.807) is 48.5 Å². The van der Waals surface area contributed by atoms with Crippen molar-refractivity contribution in [1.82, 2.24) is 15.3 Å². The predicted molar refractivity (Wildman–Crippen MR) is 107 cm³/mol. The van der Waals surface area contributed by atoms with Crippen LogP contribution in [0.4, 0.5) is 0 Å². The topological polar surface area (TPSA) is 119 Å². The Morgan fingerprint density at radius 2 is 1.67 bits per heavy atom. The second-order valence-corrected chi connectivity index (χ2v) is 5.70. The first-order valence-corrected chi connectivity index (χ1v) is 8.75. The van der Waals surface area contributed by atoms with Crippen molar-refractivity contribution >= 4 is 11.6 Å². The molecule has 0 aliphatic carbocycles. The van der Waals surface area contributed by atoms with Crippen LogP contribution in [0.2, 0.25) is 0 Å². The number of carbonyl (C=O) groups excluding carboxylic acids is 1. The lowest BCUT2D eigenvalue weighted by molar-refractivity contribution is -0.114. The zero-order chi connectivity index (χ0) is 21.3. The molecule has 9 heteroatoms. The van der Waals surface area contributed by atoms with E-state index in [4.69, 9.17) is 14.3 Å². The zero-order valence-electron chi connectivity index (χ0n) is 16.2. The van der Waals surface area contributed by atoms with Crippen LogP contribution in [0, 0.1) is 11.3 Å². The second-order valence-electron chi connectivity index (χ2n) is 5.70. The Bertz CT molecular complexity index is 1120. The van der Waals surface area contributed by atoms with Gasteiger partial charge < -0.3 is 19.6 Å². The summed E-state index contributed by atoms with van der Waals surface area (Å²) in [6.07, 6.45) is 1.27. The van der Waals surface area contributed by atoms with E-state index in [9.17, 15) is 10.1 Å². The normalized spacial score (nSPS) is 10.6. The Hall–Kier alpha value is -4.45. The predicted octanol–water partition coefficient (Wildman–Crippen LogP) is 3.03. The van der Waals surface area contributed by atoms with E-state index in [2.05, 4.69) is 26.5 Å². The molecule has 0 radical (unpaired) electrons. The van der Waals surface area contributed by atoms with E-state index in [1.807, 2.05) is 0 Å². The quantitative estimate of drug-likeness (QED) is 0.476. The average molecular weight is 403 g/mol. The molecule has 2 aromatic carbocycles. The summed E-state index contributed by atoms with van der Waals surface area (Å²) in [6, 6.07) is 17.1. The highest BCUT2D eigenvalue weighted by molar-refractivity contribution is 6.45. The Morgan fingerprint density at radius 3 is 2.33 bits per heavy atom. The van der Waals surface area contributed by atoms with Gasteiger partial charge in [-0.2, -0.15) is 5.26 Å². The van der Waals surface area contributed by atoms with E-state index >= 15 is 0 Å². The van der Waals surface area contributed by atoms with Crippen LogP contribution in [0.5, 0.6) is 23.3 Å². The molecular weight excluding hydrogens is 386 g/mol. The number of nitrogens with zero attached hydrogens (tertiary/aromatic N) is 4. The van der Waals surface area contributed by atoms with Gasteiger partial charge in [-0.15, -0.1) is 0 Å². The Morgan fingerprint density at radius 1 is 1.03 bits per heavy atom. The molecule has 1 heterocycles. The number of amides is 1.